The molecule has 0 amide bonds. The van der Waals surface area contributed by atoms with Crippen molar-refractivity contribution in [3.8, 4) is 5.75 Å². The molecule has 17 heavy (non-hydrogen) atoms. The van der Waals surface area contributed by atoms with Crippen LogP contribution in [0.15, 0.2) is 16.6 Å². The number of hydrogen-bond donors (Lipinski definition) is 1. The average Bonchev–Trinajstić information content (AvgIpc) is 3.09. The van der Waals surface area contributed by atoms with Crippen LogP contribution in [0, 0.1) is 11.7 Å². The molecular weight excluding hydrogens is 289 g/mol. The Kier molecular flexibility index (Phi) is 3.79. The molecule has 1 aromatic carbocycles. The molecule has 0 aliphatic heterocycles. The SMILES string of the molecule is NCC(=O)c1cc(F)cc(Br)c1OCC1CC1. The van der Waals surface area contributed by atoms with Gasteiger partial charge in [0.2, 0.25) is 0 Å². The lowest BCUT2D eigenvalue weighted by atomic mass is 10.1. The number of ketones is 1. The fraction of sp³-hybridized carbons (Fsp3) is 0.417. The molecule has 1 saturated carbocycles. The highest BCUT2D eigenvalue weighted by Gasteiger charge is 2.24. The summed E-state index contributed by atoms with van der Waals surface area (Å²) < 4.78 is 19.3. The molecule has 1 fully saturated rings. The molecule has 0 radical (unpaired) electrons. The fourth-order valence-electron chi connectivity index (χ4n) is 1.51. The van der Waals surface area contributed by atoms with Gasteiger partial charge in [-0.25, -0.2) is 4.39 Å². The zero-order chi connectivity index (χ0) is 12.4. The highest BCUT2D eigenvalue weighted by Crippen LogP contribution is 2.34. The van der Waals surface area contributed by atoms with Gasteiger partial charge in [-0.15, -0.1) is 0 Å². The van der Waals surface area contributed by atoms with Crippen molar-refractivity contribution in [2.24, 2.45) is 11.7 Å². The molecule has 2 N–H and O–H groups in total. The standard InChI is InChI=1S/C12H13BrFNO2/c13-10-4-8(14)3-9(11(16)5-15)12(10)17-6-7-1-2-7/h3-4,7H,1-2,5-6,15H2. The molecule has 3 nitrogen and oxygen atoms in total. The van der Waals surface area contributed by atoms with Crippen LogP contribution in [0.5, 0.6) is 5.75 Å². The summed E-state index contributed by atoms with van der Waals surface area (Å²) in [6, 6.07) is 2.46. The highest BCUT2D eigenvalue weighted by molar-refractivity contribution is 9.10. The van der Waals surface area contributed by atoms with Gasteiger partial charge in [0, 0.05) is 0 Å². The molecule has 5 heteroatoms. The number of ether oxygens (including phenoxy) is 1. The van der Waals surface area contributed by atoms with Crippen LogP contribution in [-0.2, 0) is 0 Å². The van der Waals surface area contributed by atoms with Gasteiger partial charge in [-0.05, 0) is 46.8 Å². The Balaban J connectivity index is 2.28. The Morgan fingerprint density at radius 3 is 2.82 bits per heavy atom. The van der Waals surface area contributed by atoms with E-state index in [2.05, 4.69) is 15.9 Å². The van der Waals surface area contributed by atoms with Crippen molar-refractivity contribution >= 4 is 21.7 Å². The van der Waals surface area contributed by atoms with Crippen LogP contribution in [0.1, 0.15) is 23.2 Å². The fourth-order valence-corrected chi connectivity index (χ4v) is 2.06. The lowest BCUT2D eigenvalue weighted by molar-refractivity contribution is 0.0996. The van der Waals surface area contributed by atoms with Crippen molar-refractivity contribution in [3.63, 3.8) is 0 Å². The predicted octanol–water partition coefficient (Wildman–Crippen LogP) is 2.52. The number of rotatable bonds is 5. The molecule has 92 valence electrons. The second-order valence-corrected chi connectivity index (χ2v) is 5.00. The van der Waals surface area contributed by atoms with Gasteiger partial charge in [0.15, 0.2) is 5.78 Å². The van der Waals surface area contributed by atoms with Gasteiger partial charge in [-0.3, -0.25) is 4.79 Å². The maximum Gasteiger partial charge on any atom is 0.180 e. The quantitative estimate of drug-likeness (QED) is 0.850. The second kappa shape index (κ2) is 5.14. The van der Waals surface area contributed by atoms with Gasteiger partial charge in [-0.1, -0.05) is 0 Å². The molecule has 0 bridgehead atoms. The first-order valence-electron chi connectivity index (χ1n) is 5.47. The first-order valence-corrected chi connectivity index (χ1v) is 6.26. The second-order valence-electron chi connectivity index (χ2n) is 4.15. The lowest BCUT2D eigenvalue weighted by Gasteiger charge is -2.12. The molecule has 0 spiro atoms. The largest absolute Gasteiger partial charge is 0.491 e. The molecule has 0 unspecified atom stereocenters. The molecule has 1 aliphatic rings. The van der Waals surface area contributed by atoms with Crippen molar-refractivity contribution in [2.75, 3.05) is 13.2 Å². The molecule has 0 heterocycles. The van der Waals surface area contributed by atoms with Crippen LogP contribution >= 0.6 is 15.9 Å². The number of Topliss-reactive ketones (excluding diaryl/α,β-unsaturated/α-hetero) is 1. The molecule has 1 aliphatic carbocycles. The number of nitrogens with two attached hydrogens (primary N) is 1. The van der Waals surface area contributed by atoms with Gasteiger partial charge >= 0.3 is 0 Å². The maximum absolute atomic E-state index is 13.2. The Morgan fingerprint density at radius 2 is 2.24 bits per heavy atom. The minimum absolute atomic E-state index is 0.157. The van der Waals surface area contributed by atoms with E-state index in [0.29, 0.717) is 22.7 Å². The summed E-state index contributed by atoms with van der Waals surface area (Å²) in [6.07, 6.45) is 2.30. The van der Waals surface area contributed by atoms with Crippen LogP contribution in [0.2, 0.25) is 0 Å². The normalized spacial score (nSPS) is 14.8. The summed E-state index contributed by atoms with van der Waals surface area (Å²) >= 11 is 3.21. The summed E-state index contributed by atoms with van der Waals surface area (Å²) in [6.45, 7) is 0.408. The van der Waals surface area contributed by atoms with Crippen LogP contribution in [0.25, 0.3) is 0 Å². The van der Waals surface area contributed by atoms with Crippen LogP contribution in [0.3, 0.4) is 0 Å². The summed E-state index contributed by atoms with van der Waals surface area (Å²) in [4.78, 5) is 11.6. The maximum atomic E-state index is 13.2. The minimum atomic E-state index is -0.479. The molecule has 0 atom stereocenters. The van der Waals surface area contributed by atoms with Crippen molar-refractivity contribution in [1.82, 2.24) is 0 Å². The van der Waals surface area contributed by atoms with Crippen LogP contribution in [0.4, 0.5) is 4.39 Å². The lowest BCUT2D eigenvalue weighted by Crippen LogP contribution is -2.16. The Hall–Kier alpha value is -0.940. The Labute approximate surface area is 107 Å². The van der Waals surface area contributed by atoms with E-state index in [1.807, 2.05) is 0 Å². The summed E-state index contributed by atoms with van der Waals surface area (Å²) in [7, 11) is 0. The van der Waals surface area contributed by atoms with E-state index in [9.17, 15) is 9.18 Å². The van der Waals surface area contributed by atoms with Gasteiger partial charge in [0.25, 0.3) is 0 Å². The molecule has 0 saturated heterocycles. The third-order valence-electron chi connectivity index (χ3n) is 2.65. The minimum Gasteiger partial charge on any atom is -0.491 e. The summed E-state index contributed by atoms with van der Waals surface area (Å²) in [5.74, 6) is 0.157. The number of carbonyl (C=O) groups excluding carboxylic acids is 1. The average molecular weight is 302 g/mol. The van der Waals surface area contributed by atoms with Gasteiger partial charge in [0.05, 0.1) is 23.2 Å². The number of halogens is 2. The van der Waals surface area contributed by atoms with E-state index in [1.54, 1.807) is 0 Å². The molecule has 2 rings (SSSR count). The van der Waals surface area contributed by atoms with E-state index in [1.165, 1.54) is 12.1 Å². The first-order chi connectivity index (χ1) is 8.11. The van der Waals surface area contributed by atoms with E-state index in [4.69, 9.17) is 10.5 Å². The molecule has 1 aromatic rings. The topological polar surface area (TPSA) is 52.3 Å². The monoisotopic (exact) mass is 301 g/mol. The predicted molar refractivity (Wildman–Crippen MR) is 65.7 cm³/mol. The zero-order valence-electron chi connectivity index (χ0n) is 9.21. The van der Waals surface area contributed by atoms with Crippen molar-refractivity contribution < 1.29 is 13.9 Å². The van der Waals surface area contributed by atoms with E-state index >= 15 is 0 Å². The van der Waals surface area contributed by atoms with E-state index in [0.717, 1.165) is 12.8 Å². The Bertz CT molecular complexity index is 446. The Morgan fingerprint density at radius 1 is 1.53 bits per heavy atom. The third-order valence-corrected chi connectivity index (χ3v) is 3.24. The summed E-state index contributed by atoms with van der Waals surface area (Å²) in [5, 5.41) is 0. The zero-order valence-corrected chi connectivity index (χ0v) is 10.8. The highest BCUT2D eigenvalue weighted by atomic mass is 79.9. The van der Waals surface area contributed by atoms with Gasteiger partial charge in [-0.2, -0.15) is 0 Å². The number of benzene rings is 1. The molecular formula is C12H13BrFNO2. The summed E-state index contributed by atoms with van der Waals surface area (Å²) in [5.41, 5.74) is 5.51. The first kappa shape index (κ1) is 12.5. The van der Waals surface area contributed by atoms with Crippen molar-refractivity contribution in [3.05, 3.63) is 28.0 Å². The molecule has 0 aromatic heterocycles. The number of hydrogen-bond acceptors (Lipinski definition) is 3. The third kappa shape index (κ3) is 3.04. The number of carbonyl (C=O) groups is 1. The van der Waals surface area contributed by atoms with E-state index < -0.39 is 5.82 Å². The van der Waals surface area contributed by atoms with Crippen LogP contribution < -0.4 is 10.5 Å². The smallest absolute Gasteiger partial charge is 0.180 e. The van der Waals surface area contributed by atoms with Gasteiger partial charge in [0.1, 0.15) is 11.6 Å². The van der Waals surface area contributed by atoms with Gasteiger partial charge < -0.3 is 10.5 Å². The van der Waals surface area contributed by atoms with Crippen LogP contribution in [-0.4, -0.2) is 18.9 Å². The van der Waals surface area contributed by atoms with E-state index in [-0.39, 0.29) is 17.9 Å². The van der Waals surface area contributed by atoms with Crippen molar-refractivity contribution in [1.29, 1.82) is 0 Å². The van der Waals surface area contributed by atoms with Crippen molar-refractivity contribution in [2.45, 2.75) is 12.8 Å².